The molecule has 24 heavy (non-hydrogen) atoms. The number of fused-ring (bicyclic) bond motifs is 1. The first-order valence-electron chi connectivity index (χ1n) is 9.38. The molecule has 4 rings (SSSR count). The number of nitrogens with zero attached hydrogens (tertiary/aromatic N) is 2. The van der Waals surface area contributed by atoms with Gasteiger partial charge in [0.05, 0.1) is 11.8 Å². The van der Waals surface area contributed by atoms with E-state index in [-0.39, 0.29) is 23.7 Å². The van der Waals surface area contributed by atoms with Gasteiger partial charge in [-0.3, -0.25) is 9.59 Å². The third-order valence-corrected chi connectivity index (χ3v) is 5.78. The molecule has 2 fully saturated rings. The number of benzene rings is 1. The second-order valence-electron chi connectivity index (χ2n) is 7.47. The molecule has 0 spiro atoms. The summed E-state index contributed by atoms with van der Waals surface area (Å²) < 4.78 is 0. The predicted molar refractivity (Wildman–Crippen MR) is 92.2 cm³/mol. The third kappa shape index (κ3) is 3.06. The normalized spacial score (nSPS) is 26.5. The molecule has 0 N–H and O–H groups in total. The fraction of sp³-hybridized carbons (Fsp3) is 0.600. The molecule has 1 aromatic rings. The maximum atomic E-state index is 12.8. The van der Waals surface area contributed by atoms with Crippen LogP contribution in [0, 0.1) is 11.8 Å². The Bertz CT molecular complexity index is 634. The van der Waals surface area contributed by atoms with Crippen LogP contribution in [0.25, 0.3) is 0 Å². The van der Waals surface area contributed by atoms with Gasteiger partial charge >= 0.3 is 0 Å². The fourth-order valence-electron chi connectivity index (χ4n) is 4.18. The molecule has 4 nitrogen and oxygen atoms in total. The Hall–Kier alpha value is -1.84. The van der Waals surface area contributed by atoms with E-state index in [1.165, 1.54) is 24.0 Å². The second kappa shape index (κ2) is 6.58. The topological polar surface area (TPSA) is 40.6 Å². The van der Waals surface area contributed by atoms with Crippen molar-refractivity contribution in [2.75, 3.05) is 19.6 Å². The number of carbonyl (C=O) groups excluding carboxylic acids is 2. The van der Waals surface area contributed by atoms with Crippen LogP contribution in [0.5, 0.6) is 0 Å². The summed E-state index contributed by atoms with van der Waals surface area (Å²) in [7, 11) is 0. The first kappa shape index (κ1) is 15.7. The van der Waals surface area contributed by atoms with E-state index in [1.54, 1.807) is 0 Å². The lowest BCUT2D eigenvalue weighted by atomic mass is 9.99. The number of rotatable bonds is 2. The lowest BCUT2D eigenvalue weighted by molar-refractivity contribution is -0.138. The molecule has 0 radical (unpaired) electrons. The van der Waals surface area contributed by atoms with Crippen LogP contribution in [0.1, 0.15) is 43.2 Å². The fourth-order valence-corrected chi connectivity index (χ4v) is 4.18. The van der Waals surface area contributed by atoms with Crippen molar-refractivity contribution in [2.24, 2.45) is 11.8 Å². The lowest BCUT2D eigenvalue weighted by Crippen LogP contribution is -2.39. The Morgan fingerprint density at radius 3 is 2.12 bits per heavy atom. The monoisotopic (exact) mass is 326 g/mol. The first-order valence-corrected chi connectivity index (χ1v) is 9.38. The first-order chi connectivity index (χ1) is 11.7. The summed E-state index contributed by atoms with van der Waals surface area (Å²) in [6.45, 7) is 3.26. The Morgan fingerprint density at radius 1 is 0.792 bits per heavy atom. The highest BCUT2D eigenvalue weighted by molar-refractivity contribution is 5.92. The summed E-state index contributed by atoms with van der Waals surface area (Å²) in [4.78, 5) is 29.4. The molecule has 2 aliphatic heterocycles. The third-order valence-electron chi connectivity index (χ3n) is 5.78. The van der Waals surface area contributed by atoms with Crippen LogP contribution in [0.4, 0.5) is 0 Å². The van der Waals surface area contributed by atoms with Gasteiger partial charge < -0.3 is 9.80 Å². The molecule has 0 aromatic heterocycles. The van der Waals surface area contributed by atoms with E-state index in [9.17, 15) is 9.59 Å². The van der Waals surface area contributed by atoms with E-state index in [0.717, 1.165) is 45.3 Å². The van der Waals surface area contributed by atoms with Crippen LogP contribution in [-0.2, 0) is 22.6 Å². The summed E-state index contributed by atoms with van der Waals surface area (Å²) >= 11 is 0. The van der Waals surface area contributed by atoms with Crippen LogP contribution < -0.4 is 0 Å². The van der Waals surface area contributed by atoms with Crippen LogP contribution in [-0.4, -0.2) is 41.2 Å². The molecular weight excluding hydrogens is 300 g/mol. The highest BCUT2D eigenvalue weighted by Crippen LogP contribution is 2.42. The number of amides is 2. The average Bonchev–Trinajstić information content (AvgIpc) is 3.44. The number of likely N-dealkylation sites (tertiary alicyclic amines) is 1. The van der Waals surface area contributed by atoms with E-state index >= 15 is 0 Å². The summed E-state index contributed by atoms with van der Waals surface area (Å²) in [5.41, 5.74) is 2.61. The Morgan fingerprint density at radius 2 is 1.42 bits per heavy atom. The summed E-state index contributed by atoms with van der Waals surface area (Å²) in [6.07, 6.45) is 6.36. The van der Waals surface area contributed by atoms with Gasteiger partial charge in [0.1, 0.15) is 0 Å². The molecule has 2 amide bonds. The van der Waals surface area contributed by atoms with Crippen molar-refractivity contribution >= 4 is 11.8 Å². The van der Waals surface area contributed by atoms with Gasteiger partial charge in [-0.05, 0) is 36.8 Å². The Kier molecular flexibility index (Phi) is 4.30. The minimum absolute atomic E-state index is 0.0484. The summed E-state index contributed by atoms with van der Waals surface area (Å²) in [6, 6.07) is 8.37. The summed E-state index contributed by atoms with van der Waals surface area (Å²) in [5, 5.41) is 0. The standard InChI is InChI=1S/C20H26N2O2/c23-19(21-10-5-1-2-6-11-21)17-13-18(17)20(24)22-12-9-15-7-3-4-8-16(15)14-22/h3-4,7-8,17-18H,1-2,5-6,9-14H2. The smallest absolute Gasteiger partial charge is 0.226 e. The van der Waals surface area contributed by atoms with Gasteiger partial charge in [-0.2, -0.15) is 0 Å². The number of hydrogen-bond donors (Lipinski definition) is 0. The van der Waals surface area contributed by atoms with Crippen molar-refractivity contribution in [2.45, 2.75) is 45.1 Å². The van der Waals surface area contributed by atoms with Crippen LogP contribution in [0.15, 0.2) is 24.3 Å². The van der Waals surface area contributed by atoms with E-state index in [4.69, 9.17) is 0 Å². The van der Waals surface area contributed by atoms with E-state index in [1.807, 2.05) is 15.9 Å². The van der Waals surface area contributed by atoms with Crippen molar-refractivity contribution in [1.82, 2.24) is 9.80 Å². The molecule has 2 unspecified atom stereocenters. The molecule has 2 heterocycles. The van der Waals surface area contributed by atoms with E-state index < -0.39 is 0 Å². The van der Waals surface area contributed by atoms with Crippen molar-refractivity contribution < 1.29 is 9.59 Å². The van der Waals surface area contributed by atoms with E-state index in [2.05, 4.69) is 18.2 Å². The highest BCUT2D eigenvalue weighted by atomic mass is 16.2. The van der Waals surface area contributed by atoms with Crippen molar-refractivity contribution in [3.05, 3.63) is 35.4 Å². The molecule has 1 aliphatic carbocycles. The molecular formula is C20H26N2O2. The highest BCUT2D eigenvalue weighted by Gasteiger charge is 2.50. The summed E-state index contributed by atoms with van der Waals surface area (Å²) in [5.74, 6) is 0.309. The molecule has 1 saturated heterocycles. The van der Waals surface area contributed by atoms with Gasteiger partial charge in [0.2, 0.25) is 11.8 Å². The largest absolute Gasteiger partial charge is 0.342 e. The van der Waals surface area contributed by atoms with Gasteiger partial charge in [0.25, 0.3) is 0 Å². The molecule has 128 valence electrons. The van der Waals surface area contributed by atoms with Crippen molar-refractivity contribution in [3.63, 3.8) is 0 Å². The van der Waals surface area contributed by atoms with E-state index in [0.29, 0.717) is 6.54 Å². The van der Waals surface area contributed by atoms with Crippen molar-refractivity contribution in [3.8, 4) is 0 Å². The maximum absolute atomic E-state index is 12.8. The van der Waals surface area contributed by atoms with Gasteiger partial charge in [0.15, 0.2) is 0 Å². The van der Waals surface area contributed by atoms with Gasteiger partial charge in [-0.25, -0.2) is 0 Å². The molecule has 1 saturated carbocycles. The lowest BCUT2D eigenvalue weighted by Gasteiger charge is -2.29. The second-order valence-corrected chi connectivity index (χ2v) is 7.47. The van der Waals surface area contributed by atoms with Gasteiger partial charge in [-0.15, -0.1) is 0 Å². The zero-order valence-electron chi connectivity index (χ0n) is 14.2. The zero-order chi connectivity index (χ0) is 16.5. The van der Waals surface area contributed by atoms with Crippen LogP contribution in [0.3, 0.4) is 0 Å². The number of carbonyl (C=O) groups is 2. The van der Waals surface area contributed by atoms with Crippen LogP contribution >= 0.6 is 0 Å². The maximum Gasteiger partial charge on any atom is 0.226 e. The minimum Gasteiger partial charge on any atom is -0.342 e. The van der Waals surface area contributed by atoms with Crippen molar-refractivity contribution in [1.29, 1.82) is 0 Å². The molecule has 4 heteroatoms. The zero-order valence-corrected chi connectivity index (χ0v) is 14.2. The minimum atomic E-state index is -0.0639. The molecule has 2 atom stereocenters. The molecule has 0 bridgehead atoms. The average molecular weight is 326 g/mol. The quantitative estimate of drug-likeness (QED) is 0.838. The predicted octanol–water partition coefficient (Wildman–Crippen LogP) is 2.61. The van der Waals surface area contributed by atoms with Crippen LogP contribution in [0.2, 0.25) is 0 Å². The van der Waals surface area contributed by atoms with Gasteiger partial charge in [0, 0.05) is 26.2 Å². The Balaban J connectivity index is 1.36. The Labute approximate surface area is 143 Å². The molecule has 1 aromatic carbocycles. The number of hydrogen-bond acceptors (Lipinski definition) is 2. The van der Waals surface area contributed by atoms with Gasteiger partial charge in [-0.1, -0.05) is 37.1 Å². The molecule has 3 aliphatic rings. The SMILES string of the molecule is O=C(C1CC1C(=O)N1CCc2ccccc2C1)N1CCCCCC1.